The van der Waals surface area contributed by atoms with Gasteiger partial charge in [0.05, 0.1) is 12.0 Å². The molecule has 0 saturated carbocycles. The minimum Gasteiger partial charge on any atom is -0.459 e. The Balaban J connectivity index is 1.79. The summed E-state index contributed by atoms with van der Waals surface area (Å²) in [5, 5.41) is 2.93. The van der Waals surface area contributed by atoms with E-state index in [0.717, 1.165) is 16.7 Å². The van der Waals surface area contributed by atoms with Crippen molar-refractivity contribution >= 4 is 11.9 Å². The second-order valence-electron chi connectivity index (χ2n) is 6.43. The third-order valence-electron chi connectivity index (χ3n) is 4.70. The summed E-state index contributed by atoms with van der Waals surface area (Å²) in [5.41, 5.74) is 3.11. The fourth-order valence-corrected chi connectivity index (χ4v) is 3.51. The van der Waals surface area contributed by atoms with Crippen molar-refractivity contribution in [1.29, 1.82) is 0 Å². The zero-order chi connectivity index (χ0) is 17.8. The highest BCUT2D eigenvalue weighted by atomic mass is 16.5. The number of amides is 1. The second kappa shape index (κ2) is 7.51. The normalized spacial score (nSPS) is 19.8. The van der Waals surface area contributed by atoms with Crippen molar-refractivity contribution < 1.29 is 14.3 Å². The predicted molar refractivity (Wildman–Crippen MR) is 96.1 cm³/mol. The molecule has 3 rings (SSSR count). The number of fused-ring (bicyclic) bond motifs is 1. The summed E-state index contributed by atoms with van der Waals surface area (Å²) in [6.07, 6.45) is 0.928. The van der Waals surface area contributed by atoms with Gasteiger partial charge in [-0.25, -0.2) is 0 Å². The molecule has 130 valence electrons. The van der Waals surface area contributed by atoms with Crippen molar-refractivity contribution in [2.45, 2.75) is 44.8 Å². The van der Waals surface area contributed by atoms with Crippen LogP contribution in [0.1, 0.15) is 48.9 Å². The maximum absolute atomic E-state index is 12.8. The van der Waals surface area contributed by atoms with Gasteiger partial charge in [-0.15, -0.1) is 0 Å². The van der Waals surface area contributed by atoms with Crippen LogP contribution in [0.5, 0.6) is 0 Å². The zero-order valence-electron chi connectivity index (χ0n) is 14.6. The molecule has 0 radical (unpaired) electrons. The van der Waals surface area contributed by atoms with Gasteiger partial charge in [-0.1, -0.05) is 61.5 Å². The molecule has 0 unspecified atom stereocenters. The molecule has 0 saturated heterocycles. The van der Waals surface area contributed by atoms with Crippen LogP contribution in [0.2, 0.25) is 0 Å². The number of hydrogen-bond acceptors (Lipinski definition) is 3. The highest BCUT2D eigenvalue weighted by Gasteiger charge is 2.36. The fourth-order valence-electron chi connectivity index (χ4n) is 3.51. The lowest BCUT2D eigenvalue weighted by Gasteiger charge is -2.24. The number of rotatable bonds is 5. The van der Waals surface area contributed by atoms with E-state index in [4.69, 9.17) is 4.74 Å². The smallest absolute Gasteiger partial charge is 0.313 e. The van der Waals surface area contributed by atoms with Gasteiger partial charge >= 0.3 is 5.97 Å². The van der Waals surface area contributed by atoms with E-state index in [9.17, 15) is 9.59 Å². The first-order valence-electron chi connectivity index (χ1n) is 8.70. The standard InChI is InChI=1S/C21H23NO3/c1-3-17(15-9-5-4-6-10-15)21(24)25-19-13-16-11-7-8-12-18(16)20(19)22-14(2)23/h4-12,17,19-20H,3,13H2,1-2H3,(H,22,23)/t17-,19+,20-/m1/s1. The summed E-state index contributed by atoms with van der Waals surface area (Å²) >= 11 is 0. The molecule has 25 heavy (non-hydrogen) atoms. The van der Waals surface area contributed by atoms with Crippen molar-refractivity contribution in [1.82, 2.24) is 5.32 Å². The van der Waals surface area contributed by atoms with Gasteiger partial charge in [0.1, 0.15) is 6.10 Å². The highest BCUT2D eigenvalue weighted by molar-refractivity contribution is 5.79. The summed E-state index contributed by atoms with van der Waals surface area (Å²) < 4.78 is 5.86. The Kier molecular flexibility index (Phi) is 5.17. The monoisotopic (exact) mass is 337 g/mol. The predicted octanol–water partition coefficient (Wildman–Crippen LogP) is 3.53. The number of nitrogens with one attached hydrogen (secondary N) is 1. The third-order valence-corrected chi connectivity index (χ3v) is 4.70. The third kappa shape index (κ3) is 3.73. The molecule has 2 aromatic rings. The van der Waals surface area contributed by atoms with E-state index in [-0.39, 0.29) is 29.9 Å². The van der Waals surface area contributed by atoms with Crippen molar-refractivity contribution in [3.8, 4) is 0 Å². The van der Waals surface area contributed by atoms with Crippen LogP contribution in [-0.4, -0.2) is 18.0 Å². The van der Waals surface area contributed by atoms with Crippen LogP contribution in [0, 0.1) is 0 Å². The van der Waals surface area contributed by atoms with E-state index in [1.54, 1.807) is 0 Å². The van der Waals surface area contributed by atoms with Crippen LogP contribution in [0.4, 0.5) is 0 Å². The molecule has 0 heterocycles. The Labute approximate surface area is 148 Å². The van der Waals surface area contributed by atoms with Gasteiger partial charge in [-0.3, -0.25) is 9.59 Å². The molecule has 0 fully saturated rings. The number of benzene rings is 2. The van der Waals surface area contributed by atoms with E-state index in [1.807, 2.05) is 61.5 Å². The number of carbonyl (C=O) groups excluding carboxylic acids is 2. The van der Waals surface area contributed by atoms with Crippen molar-refractivity contribution in [3.63, 3.8) is 0 Å². The second-order valence-corrected chi connectivity index (χ2v) is 6.43. The Morgan fingerprint density at radius 3 is 2.48 bits per heavy atom. The number of carbonyl (C=O) groups is 2. The Bertz CT molecular complexity index is 757. The Morgan fingerprint density at radius 1 is 1.12 bits per heavy atom. The number of esters is 1. The van der Waals surface area contributed by atoms with Crippen LogP contribution in [-0.2, 0) is 20.7 Å². The van der Waals surface area contributed by atoms with E-state index >= 15 is 0 Å². The molecule has 4 heteroatoms. The van der Waals surface area contributed by atoms with Gasteiger partial charge in [0.25, 0.3) is 0 Å². The lowest BCUT2D eigenvalue weighted by Crippen LogP contribution is -2.36. The molecule has 4 nitrogen and oxygen atoms in total. The summed E-state index contributed by atoms with van der Waals surface area (Å²) in [5.74, 6) is -0.650. The molecular formula is C21H23NO3. The van der Waals surface area contributed by atoms with Crippen LogP contribution in [0.3, 0.4) is 0 Å². The SMILES string of the molecule is CC[C@@H](C(=O)O[C@H]1Cc2ccccc2[C@H]1NC(C)=O)c1ccccc1. The molecule has 3 atom stereocenters. The zero-order valence-corrected chi connectivity index (χ0v) is 14.6. The topological polar surface area (TPSA) is 55.4 Å². The maximum atomic E-state index is 12.8. The van der Waals surface area contributed by atoms with Gasteiger partial charge in [-0.2, -0.15) is 0 Å². The average Bonchev–Trinajstić information content (AvgIpc) is 2.93. The Morgan fingerprint density at radius 2 is 1.80 bits per heavy atom. The van der Waals surface area contributed by atoms with E-state index in [0.29, 0.717) is 12.8 Å². The largest absolute Gasteiger partial charge is 0.459 e. The first-order valence-corrected chi connectivity index (χ1v) is 8.70. The lowest BCUT2D eigenvalue weighted by atomic mass is 9.96. The van der Waals surface area contributed by atoms with Gasteiger partial charge < -0.3 is 10.1 Å². The van der Waals surface area contributed by atoms with E-state index in [2.05, 4.69) is 5.32 Å². The molecule has 1 N–H and O–H groups in total. The fraction of sp³-hybridized carbons (Fsp3) is 0.333. The van der Waals surface area contributed by atoms with Crippen LogP contribution in [0.25, 0.3) is 0 Å². The molecule has 0 bridgehead atoms. The van der Waals surface area contributed by atoms with Crippen LogP contribution < -0.4 is 5.32 Å². The van der Waals surface area contributed by atoms with Gasteiger partial charge in [-0.05, 0) is 23.1 Å². The highest BCUT2D eigenvalue weighted by Crippen LogP contribution is 2.34. The summed E-state index contributed by atoms with van der Waals surface area (Å²) in [4.78, 5) is 24.4. The molecule has 0 spiro atoms. The minimum atomic E-state index is -0.369. The number of ether oxygens (including phenoxy) is 1. The molecule has 1 amide bonds. The van der Waals surface area contributed by atoms with Gasteiger partial charge in [0.2, 0.25) is 5.91 Å². The number of hydrogen-bond donors (Lipinski definition) is 1. The molecule has 2 aromatic carbocycles. The Hall–Kier alpha value is -2.62. The summed E-state index contributed by atoms with van der Waals surface area (Å²) in [7, 11) is 0. The van der Waals surface area contributed by atoms with Crippen molar-refractivity contribution in [2.24, 2.45) is 0 Å². The lowest BCUT2D eigenvalue weighted by molar-refractivity contribution is -0.152. The van der Waals surface area contributed by atoms with Crippen molar-refractivity contribution in [3.05, 3.63) is 71.3 Å². The van der Waals surface area contributed by atoms with Gasteiger partial charge in [0, 0.05) is 13.3 Å². The van der Waals surface area contributed by atoms with E-state index < -0.39 is 0 Å². The van der Waals surface area contributed by atoms with Crippen LogP contribution >= 0.6 is 0 Å². The van der Waals surface area contributed by atoms with Gasteiger partial charge in [0.15, 0.2) is 0 Å². The maximum Gasteiger partial charge on any atom is 0.313 e. The minimum absolute atomic E-state index is 0.127. The first kappa shape index (κ1) is 17.2. The molecular weight excluding hydrogens is 314 g/mol. The molecule has 1 aliphatic carbocycles. The average molecular weight is 337 g/mol. The van der Waals surface area contributed by atoms with Crippen LogP contribution in [0.15, 0.2) is 54.6 Å². The first-order chi connectivity index (χ1) is 12.1. The quantitative estimate of drug-likeness (QED) is 0.849. The van der Waals surface area contributed by atoms with Crippen molar-refractivity contribution in [2.75, 3.05) is 0 Å². The molecule has 1 aliphatic rings. The summed E-state index contributed by atoms with van der Waals surface area (Å²) in [6.45, 7) is 3.46. The van der Waals surface area contributed by atoms with E-state index in [1.165, 1.54) is 6.92 Å². The molecule has 0 aliphatic heterocycles. The molecule has 0 aromatic heterocycles. The summed E-state index contributed by atoms with van der Waals surface area (Å²) in [6, 6.07) is 17.3.